The standard InChI is InChI=1S/C21H22F3N3O2/c1-4-14-5-7-15(8-6-14)18-13-20(29,21(22,23)24)27(25-18)19(28)16-9-11-17(12-10-16)26(2)3/h5-12,29H,4,13H2,1-3H3/t20-/m1/s1. The van der Waals surface area contributed by atoms with Crippen LogP contribution in [0.2, 0.25) is 0 Å². The fourth-order valence-electron chi connectivity index (χ4n) is 3.10. The van der Waals surface area contributed by atoms with Crippen molar-refractivity contribution < 1.29 is 23.1 Å². The first kappa shape index (κ1) is 20.9. The molecule has 1 aliphatic heterocycles. The van der Waals surface area contributed by atoms with Crippen LogP contribution in [-0.2, 0) is 6.42 Å². The zero-order chi connectivity index (χ0) is 21.4. The van der Waals surface area contributed by atoms with Crippen LogP contribution in [0.25, 0.3) is 0 Å². The predicted molar refractivity (Wildman–Crippen MR) is 105 cm³/mol. The van der Waals surface area contributed by atoms with Gasteiger partial charge in [0.05, 0.1) is 12.1 Å². The van der Waals surface area contributed by atoms with Gasteiger partial charge in [0.25, 0.3) is 11.6 Å². The van der Waals surface area contributed by atoms with Gasteiger partial charge in [-0.05, 0) is 41.8 Å². The Morgan fingerprint density at radius 1 is 1.14 bits per heavy atom. The number of carbonyl (C=O) groups is 1. The molecule has 2 aromatic rings. The van der Waals surface area contributed by atoms with Crippen LogP contribution in [0.15, 0.2) is 53.6 Å². The van der Waals surface area contributed by atoms with Gasteiger partial charge in [0.15, 0.2) is 0 Å². The summed E-state index contributed by atoms with van der Waals surface area (Å²) in [7, 11) is 3.61. The van der Waals surface area contributed by atoms with Gasteiger partial charge in [-0.2, -0.15) is 23.3 Å². The Morgan fingerprint density at radius 2 is 1.72 bits per heavy atom. The predicted octanol–water partition coefficient (Wildman–Crippen LogP) is 3.82. The lowest BCUT2D eigenvalue weighted by Crippen LogP contribution is -2.56. The maximum Gasteiger partial charge on any atom is 0.438 e. The van der Waals surface area contributed by atoms with Crippen molar-refractivity contribution >= 4 is 17.3 Å². The van der Waals surface area contributed by atoms with E-state index in [4.69, 9.17) is 0 Å². The molecule has 0 fully saturated rings. The molecule has 0 spiro atoms. The summed E-state index contributed by atoms with van der Waals surface area (Å²) >= 11 is 0. The molecular formula is C21H22F3N3O2. The number of hydrogen-bond acceptors (Lipinski definition) is 4. The number of benzene rings is 2. The SMILES string of the molecule is CCc1ccc(C2=NN(C(=O)c3ccc(N(C)C)cc3)[C@](O)(C(F)(F)F)C2)cc1. The Hall–Kier alpha value is -2.87. The van der Waals surface area contributed by atoms with Crippen molar-refractivity contribution in [3.8, 4) is 0 Å². The minimum absolute atomic E-state index is 0.00426. The number of carbonyl (C=O) groups excluding carboxylic acids is 1. The Bertz CT molecular complexity index is 922. The Labute approximate surface area is 167 Å². The molecule has 5 nitrogen and oxygen atoms in total. The lowest BCUT2D eigenvalue weighted by Gasteiger charge is -2.32. The van der Waals surface area contributed by atoms with Crippen LogP contribution in [-0.4, -0.2) is 47.7 Å². The molecule has 0 radical (unpaired) electrons. The van der Waals surface area contributed by atoms with E-state index in [1.807, 2.05) is 6.92 Å². The van der Waals surface area contributed by atoms with E-state index in [2.05, 4.69) is 5.10 Å². The van der Waals surface area contributed by atoms with Gasteiger partial charge in [-0.25, -0.2) is 0 Å². The highest BCUT2D eigenvalue weighted by atomic mass is 19.4. The Balaban J connectivity index is 1.99. The maximum absolute atomic E-state index is 13.7. The fraction of sp³-hybridized carbons (Fsp3) is 0.333. The molecule has 1 N–H and O–H groups in total. The highest BCUT2D eigenvalue weighted by molar-refractivity contribution is 6.05. The number of aliphatic hydroxyl groups is 1. The summed E-state index contributed by atoms with van der Waals surface area (Å²) in [5.41, 5.74) is -1.15. The average Bonchev–Trinajstić information content (AvgIpc) is 3.06. The molecule has 8 heteroatoms. The third-order valence-electron chi connectivity index (χ3n) is 4.96. The molecule has 1 atom stereocenters. The molecule has 29 heavy (non-hydrogen) atoms. The van der Waals surface area contributed by atoms with Gasteiger partial charge in [-0.15, -0.1) is 0 Å². The maximum atomic E-state index is 13.7. The zero-order valence-corrected chi connectivity index (χ0v) is 16.4. The van der Waals surface area contributed by atoms with Crippen molar-refractivity contribution in [3.63, 3.8) is 0 Å². The van der Waals surface area contributed by atoms with Gasteiger partial charge in [-0.3, -0.25) is 4.79 Å². The van der Waals surface area contributed by atoms with Gasteiger partial charge in [0.2, 0.25) is 0 Å². The number of hydrazone groups is 1. The summed E-state index contributed by atoms with van der Waals surface area (Å²) in [6.07, 6.45) is -5.11. The van der Waals surface area contributed by atoms with E-state index in [1.54, 1.807) is 55.4 Å². The fourth-order valence-corrected chi connectivity index (χ4v) is 3.10. The Morgan fingerprint density at radius 3 is 2.21 bits per heavy atom. The summed E-state index contributed by atoms with van der Waals surface area (Å²) in [4.78, 5) is 14.6. The first-order valence-corrected chi connectivity index (χ1v) is 9.14. The topological polar surface area (TPSA) is 56.1 Å². The number of halogens is 3. The first-order chi connectivity index (χ1) is 13.6. The summed E-state index contributed by atoms with van der Waals surface area (Å²) in [5, 5.41) is 14.5. The van der Waals surface area contributed by atoms with Crippen LogP contribution in [0, 0.1) is 0 Å². The quantitative estimate of drug-likeness (QED) is 0.842. The summed E-state index contributed by atoms with van der Waals surface area (Å²) in [5.74, 6) is -1.02. The van der Waals surface area contributed by atoms with Crippen molar-refractivity contribution in [2.75, 3.05) is 19.0 Å². The van der Waals surface area contributed by atoms with Crippen molar-refractivity contribution in [2.45, 2.75) is 31.7 Å². The average molecular weight is 405 g/mol. The molecule has 1 aliphatic rings. The van der Waals surface area contributed by atoms with E-state index in [9.17, 15) is 23.1 Å². The molecule has 1 heterocycles. The number of rotatable bonds is 4. The molecule has 1 amide bonds. The van der Waals surface area contributed by atoms with E-state index < -0.39 is 24.2 Å². The normalized spacial score (nSPS) is 19.3. The van der Waals surface area contributed by atoms with Crippen LogP contribution in [0.4, 0.5) is 18.9 Å². The number of nitrogens with zero attached hydrogens (tertiary/aromatic N) is 3. The molecular weight excluding hydrogens is 383 g/mol. The molecule has 0 aromatic heterocycles. The van der Waals surface area contributed by atoms with Crippen molar-refractivity contribution in [2.24, 2.45) is 5.10 Å². The van der Waals surface area contributed by atoms with E-state index in [-0.39, 0.29) is 16.3 Å². The number of alkyl halides is 3. The van der Waals surface area contributed by atoms with Crippen LogP contribution in [0.3, 0.4) is 0 Å². The summed E-state index contributed by atoms with van der Waals surface area (Å²) < 4.78 is 41.2. The molecule has 154 valence electrons. The minimum atomic E-state index is -5.07. The van der Waals surface area contributed by atoms with Crippen LogP contribution < -0.4 is 4.90 Å². The molecule has 0 saturated carbocycles. The van der Waals surface area contributed by atoms with E-state index in [0.717, 1.165) is 17.7 Å². The van der Waals surface area contributed by atoms with Crippen LogP contribution in [0.5, 0.6) is 0 Å². The van der Waals surface area contributed by atoms with E-state index in [0.29, 0.717) is 5.56 Å². The second-order valence-corrected chi connectivity index (χ2v) is 7.15. The number of amides is 1. The minimum Gasteiger partial charge on any atom is -0.378 e. The van der Waals surface area contributed by atoms with Gasteiger partial charge < -0.3 is 10.0 Å². The molecule has 0 bridgehead atoms. The molecule has 0 unspecified atom stereocenters. The number of anilines is 1. The molecule has 0 aliphatic carbocycles. The van der Waals surface area contributed by atoms with Crippen LogP contribution >= 0.6 is 0 Å². The highest BCUT2D eigenvalue weighted by Crippen LogP contribution is 2.42. The number of aryl methyl sites for hydroxylation is 1. The highest BCUT2D eigenvalue weighted by Gasteiger charge is 2.63. The van der Waals surface area contributed by atoms with E-state index in [1.165, 1.54) is 12.1 Å². The van der Waals surface area contributed by atoms with Gasteiger partial charge in [0.1, 0.15) is 0 Å². The zero-order valence-electron chi connectivity index (χ0n) is 16.4. The largest absolute Gasteiger partial charge is 0.438 e. The lowest BCUT2D eigenvalue weighted by atomic mass is 9.99. The van der Waals surface area contributed by atoms with Crippen molar-refractivity contribution in [1.82, 2.24) is 5.01 Å². The van der Waals surface area contributed by atoms with Crippen molar-refractivity contribution in [1.29, 1.82) is 0 Å². The Kier molecular flexibility index (Phi) is 5.40. The molecule has 2 aromatic carbocycles. The van der Waals surface area contributed by atoms with Crippen molar-refractivity contribution in [3.05, 3.63) is 65.2 Å². The van der Waals surface area contributed by atoms with Gasteiger partial charge in [0, 0.05) is 25.3 Å². The summed E-state index contributed by atoms with van der Waals surface area (Å²) in [6.45, 7) is 1.96. The second kappa shape index (κ2) is 7.51. The second-order valence-electron chi connectivity index (χ2n) is 7.15. The summed E-state index contributed by atoms with van der Waals surface area (Å²) in [6, 6.07) is 12.9. The van der Waals surface area contributed by atoms with Gasteiger partial charge in [-0.1, -0.05) is 31.2 Å². The third-order valence-corrected chi connectivity index (χ3v) is 4.96. The monoisotopic (exact) mass is 405 g/mol. The molecule has 0 saturated heterocycles. The lowest BCUT2D eigenvalue weighted by molar-refractivity contribution is -0.297. The molecule has 3 rings (SSSR count). The smallest absolute Gasteiger partial charge is 0.378 e. The first-order valence-electron chi connectivity index (χ1n) is 9.14. The third kappa shape index (κ3) is 3.85. The van der Waals surface area contributed by atoms with E-state index >= 15 is 0 Å². The van der Waals surface area contributed by atoms with Crippen LogP contribution in [0.1, 0.15) is 34.8 Å². The van der Waals surface area contributed by atoms with Gasteiger partial charge >= 0.3 is 6.18 Å². The number of hydrogen-bond donors (Lipinski definition) is 1.